The molecule has 3 heteroatoms. The molecule has 0 unspecified atom stereocenters. The van der Waals surface area contributed by atoms with Gasteiger partial charge < -0.3 is 4.90 Å². The standard InChI is InChI=1S/C45H29N3/c1-3-13-34(14-4-1)45-44(46-43-21-11-12-30-47(43)45)33-24-28-38(29-25-33)48(36-16-5-2-6-17-36)37-26-22-32(23-27-37)42-31-35-15-7-8-18-39(35)40-19-9-10-20-41(40)42/h1-3,5-13,15-31H. The maximum absolute atomic E-state index is 5.04. The monoisotopic (exact) mass is 611 g/mol. The third-order valence-corrected chi connectivity index (χ3v) is 9.05. The lowest BCUT2D eigenvalue weighted by Crippen LogP contribution is -2.09. The molecule has 0 radical (unpaired) electrons. The van der Waals surface area contributed by atoms with Crippen LogP contribution in [0.5, 0.6) is 0 Å². The van der Waals surface area contributed by atoms with E-state index in [1.165, 1.54) is 32.7 Å². The number of aromatic nitrogens is 2. The minimum atomic E-state index is 0.897. The first-order valence-electron chi connectivity index (χ1n) is 16.1. The molecule has 0 saturated heterocycles. The number of pyridine rings is 1. The zero-order valence-corrected chi connectivity index (χ0v) is 26.1. The Hall–Kier alpha value is -6.63. The van der Waals surface area contributed by atoms with Gasteiger partial charge in [-0.05, 0) is 99.4 Å². The first-order chi connectivity index (χ1) is 23.8. The lowest BCUT2D eigenvalue weighted by molar-refractivity contribution is 1.19. The summed E-state index contributed by atoms with van der Waals surface area (Å²) < 4.78 is 2.12. The van der Waals surface area contributed by atoms with E-state index < -0.39 is 0 Å². The summed E-state index contributed by atoms with van der Waals surface area (Å²) in [6.45, 7) is 0. The van der Waals surface area contributed by atoms with Gasteiger partial charge in [0.2, 0.25) is 0 Å². The van der Waals surface area contributed by atoms with Crippen molar-refractivity contribution in [3.05, 3.63) is 188 Å². The fourth-order valence-corrected chi connectivity index (χ4v) is 6.82. The van der Waals surface area contributed by atoms with E-state index in [0.29, 0.717) is 0 Å². The number of anilines is 3. The quantitative estimate of drug-likeness (QED) is 0.174. The predicted octanol–water partition coefficient (Wildman–Crippen LogP) is 11.7. The van der Waals surface area contributed by atoms with Crippen molar-refractivity contribution in [2.24, 2.45) is 0 Å². The maximum Gasteiger partial charge on any atom is 0.137 e. The minimum Gasteiger partial charge on any atom is -0.311 e. The number of nitrogens with zero attached hydrogens (tertiary/aromatic N) is 3. The molecule has 0 atom stereocenters. The van der Waals surface area contributed by atoms with E-state index >= 15 is 0 Å². The number of imidazole rings is 1. The van der Waals surface area contributed by atoms with Crippen molar-refractivity contribution in [2.75, 3.05) is 4.90 Å². The molecule has 7 aromatic carbocycles. The van der Waals surface area contributed by atoms with E-state index in [1.54, 1.807) is 0 Å². The molecular weight excluding hydrogens is 583 g/mol. The number of benzene rings is 6. The molecule has 0 aliphatic rings. The van der Waals surface area contributed by atoms with Crippen LogP contribution in [0.3, 0.4) is 0 Å². The molecule has 9 aromatic rings. The Morgan fingerprint density at radius 3 is 1.92 bits per heavy atom. The second kappa shape index (κ2) is 11.6. The molecule has 0 aliphatic carbocycles. The third kappa shape index (κ3) is 4.76. The predicted molar refractivity (Wildman–Crippen MR) is 199 cm³/mol. The summed E-state index contributed by atoms with van der Waals surface area (Å²) in [5.74, 6) is 0. The van der Waals surface area contributed by atoms with Gasteiger partial charge in [0.25, 0.3) is 0 Å². The van der Waals surface area contributed by atoms with Crippen LogP contribution in [0.2, 0.25) is 0 Å². The number of hydrogen-bond acceptors (Lipinski definition) is 2. The summed E-state index contributed by atoms with van der Waals surface area (Å²) in [6, 6.07) is 66.2. The Bertz CT molecular complexity index is 2530. The van der Waals surface area contributed by atoms with Crippen LogP contribution in [-0.2, 0) is 0 Å². The molecule has 9 rings (SSSR count). The van der Waals surface area contributed by atoms with Gasteiger partial charge >= 0.3 is 0 Å². The fraction of sp³-hybridized carbons (Fsp3) is 0. The lowest BCUT2D eigenvalue weighted by atomic mass is 9.93. The van der Waals surface area contributed by atoms with Crippen molar-refractivity contribution in [2.45, 2.75) is 0 Å². The van der Waals surface area contributed by atoms with Gasteiger partial charge in [-0.3, -0.25) is 4.40 Å². The number of fused-ring (bicyclic) bond motifs is 4. The zero-order chi connectivity index (χ0) is 31.9. The van der Waals surface area contributed by atoms with Gasteiger partial charge in [0, 0.05) is 28.8 Å². The second-order valence-electron chi connectivity index (χ2n) is 11.9. The van der Waals surface area contributed by atoms with E-state index in [0.717, 1.165) is 45.2 Å². The first kappa shape index (κ1) is 27.7. The second-order valence-corrected chi connectivity index (χ2v) is 11.9. The molecule has 3 nitrogen and oxygen atoms in total. The highest BCUT2D eigenvalue weighted by molar-refractivity contribution is 6.13. The zero-order valence-electron chi connectivity index (χ0n) is 26.1. The Balaban J connectivity index is 1.12. The Morgan fingerprint density at radius 1 is 0.521 bits per heavy atom. The fourth-order valence-electron chi connectivity index (χ4n) is 6.82. The molecular formula is C45H29N3. The molecule has 0 N–H and O–H groups in total. The van der Waals surface area contributed by atoms with Crippen molar-refractivity contribution in [3.63, 3.8) is 0 Å². The van der Waals surface area contributed by atoms with Crippen molar-refractivity contribution in [3.8, 4) is 33.6 Å². The first-order valence-corrected chi connectivity index (χ1v) is 16.1. The van der Waals surface area contributed by atoms with Crippen molar-refractivity contribution < 1.29 is 0 Å². The number of rotatable bonds is 6. The third-order valence-electron chi connectivity index (χ3n) is 9.05. The molecule has 0 spiro atoms. The van der Waals surface area contributed by atoms with Gasteiger partial charge in [-0.1, -0.05) is 115 Å². The van der Waals surface area contributed by atoms with Gasteiger partial charge in [-0.25, -0.2) is 4.98 Å². The van der Waals surface area contributed by atoms with Crippen LogP contribution in [0.25, 0.3) is 60.8 Å². The molecule has 0 fully saturated rings. The van der Waals surface area contributed by atoms with Crippen LogP contribution in [0.15, 0.2) is 176 Å². The Morgan fingerprint density at radius 2 is 1.17 bits per heavy atom. The van der Waals surface area contributed by atoms with Crippen molar-refractivity contribution >= 4 is 44.3 Å². The van der Waals surface area contributed by atoms with E-state index in [4.69, 9.17) is 4.98 Å². The normalized spacial score (nSPS) is 11.2. The minimum absolute atomic E-state index is 0.897. The van der Waals surface area contributed by atoms with Gasteiger partial charge in [-0.15, -0.1) is 0 Å². The summed E-state index contributed by atoms with van der Waals surface area (Å²) in [4.78, 5) is 7.35. The molecule has 2 heterocycles. The topological polar surface area (TPSA) is 20.5 Å². The van der Waals surface area contributed by atoms with Crippen LogP contribution in [0.4, 0.5) is 17.1 Å². The molecule has 224 valence electrons. The van der Waals surface area contributed by atoms with E-state index in [2.05, 4.69) is 167 Å². The Kier molecular flexibility index (Phi) is 6.70. The Labute approximate surface area is 279 Å². The number of para-hydroxylation sites is 1. The smallest absolute Gasteiger partial charge is 0.137 e. The van der Waals surface area contributed by atoms with Crippen LogP contribution in [0, 0.1) is 12.1 Å². The average Bonchev–Trinajstić information content (AvgIpc) is 3.56. The van der Waals surface area contributed by atoms with Gasteiger partial charge in [0.15, 0.2) is 0 Å². The molecule has 2 aromatic heterocycles. The van der Waals surface area contributed by atoms with Gasteiger partial charge in [-0.2, -0.15) is 0 Å². The lowest BCUT2D eigenvalue weighted by Gasteiger charge is -2.26. The number of hydrogen-bond donors (Lipinski definition) is 0. The highest BCUT2D eigenvalue weighted by atomic mass is 15.1. The van der Waals surface area contributed by atoms with E-state index in [-0.39, 0.29) is 0 Å². The van der Waals surface area contributed by atoms with Crippen LogP contribution in [-0.4, -0.2) is 9.38 Å². The highest BCUT2D eigenvalue weighted by Gasteiger charge is 2.18. The largest absolute Gasteiger partial charge is 0.311 e. The van der Waals surface area contributed by atoms with Crippen LogP contribution < -0.4 is 4.90 Å². The highest BCUT2D eigenvalue weighted by Crippen LogP contribution is 2.40. The molecule has 0 bridgehead atoms. The molecule has 0 amide bonds. The average molecular weight is 612 g/mol. The van der Waals surface area contributed by atoms with Gasteiger partial charge in [0.05, 0.1) is 17.0 Å². The summed E-state index contributed by atoms with van der Waals surface area (Å²) in [7, 11) is 0. The van der Waals surface area contributed by atoms with E-state index in [9.17, 15) is 0 Å². The summed E-state index contributed by atoms with van der Waals surface area (Å²) >= 11 is 0. The van der Waals surface area contributed by atoms with E-state index in [1.807, 2.05) is 30.3 Å². The van der Waals surface area contributed by atoms with Crippen LogP contribution in [0.1, 0.15) is 0 Å². The summed E-state index contributed by atoms with van der Waals surface area (Å²) in [5, 5.41) is 5.07. The van der Waals surface area contributed by atoms with Crippen LogP contribution >= 0.6 is 0 Å². The van der Waals surface area contributed by atoms with Crippen molar-refractivity contribution in [1.82, 2.24) is 9.38 Å². The summed E-state index contributed by atoms with van der Waals surface area (Å²) in [5.41, 5.74) is 10.5. The molecule has 0 saturated carbocycles. The maximum atomic E-state index is 5.04. The summed E-state index contributed by atoms with van der Waals surface area (Å²) in [6.07, 6.45) is 2.05. The molecule has 48 heavy (non-hydrogen) atoms. The SMILES string of the molecule is c1cccc(-c2c(-c3ccc(N(c4ccccc4)c4ccc(-c5cc6ccccc6c6ccccc56)cc4)cc3)nc3ccccn23)c#1. The van der Waals surface area contributed by atoms with Crippen molar-refractivity contribution in [1.29, 1.82) is 0 Å². The van der Waals surface area contributed by atoms with Gasteiger partial charge in [0.1, 0.15) is 5.65 Å². The molecule has 0 aliphatic heterocycles.